The largest absolute Gasteiger partial charge is 0.493 e. The third-order valence-electron chi connectivity index (χ3n) is 12.2. The lowest BCUT2D eigenvalue weighted by molar-refractivity contribution is -0.127. The topological polar surface area (TPSA) is 213 Å². The number of anilines is 1. The lowest BCUT2D eigenvalue weighted by Crippen LogP contribution is -2.50. The molecule has 4 aromatic rings. The van der Waals surface area contributed by atoms with Crippen molar-refractivity contribution in [1.82, 2.24) is 15.1 Å². The average molecular weight is 924 g/mol. The molecule has 4 heterocycles. The van der Waals surface area contributed by atoms with E-state index in [-0.39, 0.29) is 54.8 Å². The predicted octanol–water partition coefficient (Wildman–Crippen LogP) is 6.71. The van der Waals surface area contributed by atoms with Gasteiger partial charge in [0, 0.05) is 61.9 Å². The number of hydrogen-bond acceptors (Lipinski definition) is 13. The molecule has 0 aliphatic carbocycles. The number of nitrogens with one attached hydrogen (secondary N) is 2. The smallest absolute Gasteiger partial charge is 0.337 e. The van der Waals surface area contributed by atoms with E-state index < -0.39 is 18.1 Å². The summed E-state index contributed by atoms with van der Waals surface area (Å²) in [6.45, 7) is 5.78. The Balaban J connectivity index is 0.860. The summed E-state index contributed by atoms with van der Waals surface area (Å²) in [5, 5.41) is 5.48. The van der Waals surface area contributed by atoms with Crippen LogP contribution in [-0.4, -0.2) is 111 Å². The summed E-state index contributed by atoms with van der Waals surface area (Å²) >= 11 is 0. The summed E-state index contributed by atoms with van der Waals surface area (Å²) in [7, 11) is 4.36. The highest BCUT2D eigenvalue weighted by Crippen LogP contribution is 2.42. The van der Waals surface area contributed by atoms with E-state index >= 15 is 0 Å². The van der Waals surface area contributed by atoms with Gasteiger partial charge in [-0.25, -0.2) is 4.79 Å². The van der Waals surface area contributed by atoms with Crippen molar-refractivity contribution in [2.24, 2.45) is 21.6 Å². The molecular weight excluding hydrogens is 871 g/mol. The number of carbonyl (C=O) groups is 5. The molecule has 352 valence electrons. The summed E-state index contributed by atoms with van der Waals surface area (Å²) in [5.41, 5.74) is 12.2. The molecule has 0 unspecified atom stereocenters. The SMILES string of the molecule is COC(=O)c1ccc(C2=CN3C(=O)c4cc(OC)c(OCCCOc5cc6c(cc5OC)C(=O)N5C=C(c7ccc(NC(=O)[C@H](C)NC(=O)[C@@H](N)C(C)C)cc7)C[C@H]5C=N6)cc4N=C[C@@H]3C2)cc1. The van der Waals surface area contributed by atoms with Gasteiger partial charge in [0.25, 0.3) is 11.8 Å². The van der Waals surface area contributed by atoms with E-state index in [1.54, 1.807) is 77.7 Å². The third kappa shape index (κ3) is 9.69. The van der Waals surface area contributed by atoms with E-state index in [0.29, 0.717) is 76.0 Å². The van der Waals surface area contributed by atoms with Gasteiger partial charge in [-0.05, 0) is 71.5 Å². The van der Waals surface area contributed by atoms with E-state index in [4.69, 9.17) is 34.4 Å². The van der Waals surface area contributed by atoms with E-state index in [1.165, 1.54) is 21.3 Å². The van der Waals surface area contributed by atoms with Gasteiger partial charge in [-0.3, -0.25) is 29.2 Å². The molecule has 0 aromatic heterocycles. The Labute approximate surface area is 393 Å². The monoisotopic (exact) mass is 923 g/mol. The minimum atomic E-state index is -0.782. The fourth-order valence-electron chi connectivity index (χ4n) is 8.20. The fourth-order valence-corrected chi connectivity index (χ4v) is 8.20. The molecule has 4 aliphatic rings. The zero-order chi connectivity index (χ0) is 48.2. The zero-order valence-electron chi connectivity index (χ0n) is 38.6. The fraction of sp³-hybridized carbons (Fsp3) is 0.314. The Morgan fingerprint density at radius 2 is 1.18 bits per heavy atom. The quantitative estimate of drug-likeness (QED) is 0.0794. The number of rotatable bonds is 16. The van der Waals surface area contributed by atoms with Crippen LogP contribution in [0.1, 0.15) is 82.2 Å². The highest BCUT2D eigenvalue weighted by atomic mass is 16.5. The minimum Gasteiger partial charge on any atom is -0.493 e. The zero-order valence-corrected chi connectivity index (χ0v) is 38.6. The normalized spacial score (nSPS) is 17.6. The van der Waals surface area contributed by atoms with Crippen LogP contribution in [0.3, 0.4) is 0 Å². The standard InChI is InChI=1S/C51H53N7O10/c1-28(2)46(52)48(60)55-29(3)47(59)56-35-14-12-31(13-15-35)34-19-37-25-54-41-23-45(43(65-5)21-39(41)50(62)58(37)27-34)68-17-7-16-67-44-22-40-38(20-42(44)64-4)49(61)57-26-33(18-36(57)24-53-40)30-8-10-32(11-9-30)51(63)66-6/h8-15,20-29,36-37,46H,7,16-19,52H2,1-6H3,(H,55,60)(H,56,59)/t29-,36-,37-,46-/m0/s1. The number of hydrogen-bond donors (Lipinski definition) is 3. The van der Waals surface area contributed by atoms with Gasteiger partial charge in [-0.1, -0.05) is 38.1 Å². The van der Waals surface area contributed by atoms with Gasteiger partial charge in [0.15, 0.2) is 23.0 Å². The van der Waals surface area contributed by atoms with Crippen LogP contribution >= 0.6 is 0 Å². The van der Waals surface area contributed by atoms with Crippen molar-refractivity contribution < 1.29 is 47.7 Å². The maximum Gasteiger partial charge on any atom is 0.337 e. The van der Waals surface area contributed by atoms with E-state index in [9.17, 15) is 24.0 Å². The first-order valence-corrected chi connectivity index (χ1v) is 22.3. The number of benzene rings is 4. The summed E-state index contributed by atoms with van der Waals surface area (Å²) in [5.74, 6) is -0.0968. The molecule has 4 N–H and O–H groups in total. The Bertz CT molecular complexity index is 2760. The predicted molar refractivity (Wildman–Crippen MR) is 256 cm³/mol. The summed E-state index contributed by atoms with van der Waals surface area (Å²) < 4.78 is 28.4. The molecule has 4 aliphatic heterocycles. The van der Waals surface area contributed by atoms with Crippen molar-refractivity contribution in [3.63, 3.8) is 0 Å². The number of amides is 4. The molecule has 0 radical (unpaired) electrons. The Morgan fingerprint density at radius 3 is 1.63 bits per heavy atom. The number of ether oxygens (including phenoxy) is 5. The molecule has 4 amide bonds. The van der Waals surface area contributed by atoms with Gasteiger partial charge in [0.2, 0.25) is 11.8 Å². The van der Waals surface area contributed by atoms with Gasteiger partial charge < -0.3 is 49.9 Å². The van der Waals surface area contributed by atoms with E-state index in [1.807, 2.05) is 50.5 Å². The summed E-state index contributed by atoms with van der Waals surface area (Å²) in [4.78, 5) is 77.6. The number of esters is 1. The number of nitrogens with zero attached hydrogens (tertiary/aromatic N) is 4. The van der Waals surface area contributed by atoms with Crippen LogP contribution in [0.4, 0.5) is 17.1 Å². The molecule has 68 heavy (non-hydrogen) atoms. The van der Waals surface area contributed by atoms with Crippen LogP contribution in [0.25, 0.3) is 11.1 Å². The summed E-state index contributed by atoms with van der Waals surface area (Å²) in [6, 6.07) is 18.9. The van der Waals surface area contributed by atoms with Crippen molar-refractivity contribution in [2.75, 3.05) is 39.9 Å². The lowest BCUT2D eigenvalue weighted by atomic mass is 10.0. The van der Waals surface area contributed by atoms with Crippen LogP contribution < -0.4 is 35.3 Å². The maximum absolute atomic E-state index is 14.0. The molecule has 8 rings (SSSR count). The van der Waals surface area contributed by atoms with Gasteiger partial charge in [-0.15, -0.1) is 0 Å². The summed E-state index contributed by atoms with van der Waals surface area (Å²) in [6.07, 6.45) is 8.71. The van der Waals surface area contributed by atoms with Crippen molar-refractivity contribution >= 4 is 70.2 Å². The Hall–Kier alpha value is -7.79. The minimum absolute atomic E-state index is 0.0639. The molecule has 0 bridgehead atoms. The van der Waals surface area contributed by atoms with Gasteiger partial charge in [0.1, 0.15) is 6.04 Å². The van der Waals surface area contributed by atoms with Crippen LogP contribution in [0.2, 0.25) is 0 Å². The number of fused-ring (bicyclic) bond motifs is 4. The van der Waals surface area contributed by atoms with Crippen LogP contribution in [0, 0.1) is 5.92 Å². The maximum atomic E-state index is 14.0. The van der Waals surface area contributed by atoms with E-state index in [2.05, 4.69) is 15.6 Å². The molecule has 0 fully saturated rings. The number of aliphatic imine (C=N–C) groups is 2. The van der Waals surface area contributed by atoms with Crippen LogP contribution in [-0.2, 0) is 14.3 Å². The first-order valence-electron chi connectivity index (χ1n) is 22.3. The first kappa shape index (κ1) is 46.7. The Kier molecular flexibility index (Phi) is 13.7. The highest BCUT2D eigenvalue weighted by Gasteiger charge is 2.35. The molecule has 0 saturated carbocycles. The van der Waals surface area contributed by atoms with Crippen LogP contribution in [0.15, 0.2) is 95.2 Å². The van der Waals surface area contributed by atoms with Crippen molar-refractivity contribution in [3.8, 4) is 23.0 Å². The first-order chi connectivity index (χ1) is 32.8. The second-order valence-corrected chi connectivity index (χ2v) is 17.1. The molecule has 17 nitrogen and oxygen atoms in total. The molecular formula is C51H53N7O10. The molecule has 17 heteroatoms. The number of carbonyl (C=O) groups excluding carboxylic acids is 5. The number of methoxy groups -OCH3 is 3. The van der Waals surface area contributed by atoms with Crippen molar-refractivity contribution in [1.29, 1.82) is 0 Å². The lowest BCUT2D eigenvalue weighted by Gasteiger charge is -2.19. The van der Waals surface area contributed by atoms with E-state index in [0.717, 1.165) is 22.3 Å². The molecule has 0 saturated heterocycles. The van der Waals surface area contributed by atoms with Gasteiger partial charge in [-0.2, -0.15) is 0 Å². The highest BCUT2D eigenvalue weighted by molar-refractivity contribution is 6.07. The number of nitrogens with two attached hydrogens (primary N) is 1. The third-order valence-corrected chi connectivity index (χ3v) is 12.2. The van der Waals surface area contributed by atoms with Gasteiger partial charge in [0.05, 0.1) is 80.7 Å². The molecule has 0 spiro atoms. The average Bonchev–Trinajstić information content (AvgIpc) is 3.93. The molecule has 4 aromatic carbocycles. The van der Waals surface area contributed by atoms with Crippen molar-refractivity contribution in [2.45, 2.75) is 64.2 Å². The second-order valence-electron chi connectivity index (χ2n) is 17.1. The van der Waals surface area contributed by atoms with Crippen LogP contribution in [0.5, 0.6) is 23.0 Å². The van der Waals surface area contributed by atoms with Crippen molar-refractivity contribution in [3.05, 3.63) is 113 Å². The second kappa shape index (κ2) is 20.0. The van der Waals surface area contributed by atoms with Gasteiger partial charge >= 0.3 is 5.97 Å². The molecule has 4 atom stereocenters. The Morgan fingerprint density at radius 1 is 0.691 bits per heavy atom.